The van der Waals surface area contributed by atoms with E-state index in [-0.39, 0.29) is 10.6 Å². The number of nitrogens with zero attached hydrogens (tertiary/aromatic N) is 1. The van der Waals surface area contributed by atoms with Gasteiger partial charge in [0.1, 0.15) is 0 Å². The summed E-state index contributed by atoms with van der Waals surface area (Å²) in [4.78, 5) is 10.4. The van der Waals surface area contributed by atoms with Gasteiger partial charge in [-0.1, -0.05) is 6.07 Å². The van der Waals surface area contributed by atoms with E-state index >= 15 is 0 Å². The fraction of sp³-hybridized carbons (Fsp3) is 0.500. The van der Waals surface area contributed by atoms with Gasteiger partial charge in [-0.3, -0.25) is 10.1 Å². The number of nitro groups is 1. The standard InChI is InChI=1S/C12H16N2O2S/c1-9-2-3-11(14(15)16)8-12(9)13-10-4-6-17-7-5-10/h2-3,8,10,13H,4-7H2,1H3. The summed E-state index contributed by atoms with van der Waals surface area (Å²) in [6.45, 7) is 1.98. The third-order valence-electron chi connectivity index (χ3n) is 3.01. The second-order valence-electron chi connectivity index (χ2n) is 4.29. The number of benzene rings is 1. The van der Waals surface area contributed by atoms with Crippen molar-refractivity contribution >= 4 is 23.1 Å². The summed E-state index contributed by atoms with van der Waals surface area (Å²) in [6, 6.07) is 5.45. The fourth-order valence-electron chi connectivity index (χ4n) is 1.94. The normalized spacial score (nSPS) is 16.8. The Hall–Kier alpha value is -1.23. The van der Waals surface area contributed by atoms with Crippen molar-refractivity contribution in [3.05, 3.63) is 33.9 Å². The number of nitrogens with one attached hydrogen (secondary N) is 1. The van der Waals surface area contributed by atoms with Crippen LogP contribution < -0.4 is 5.32 Å². The van der Waals surface area contributed by atoms with Gasteiger partial charge in [-0.2, -0.15) is 11.8 Å². The Balaban J connectivity index is 2.13. The van der Waals surface area contributed by atoms with Crippen LogP contribution in [0.2, 0.25) is 0 Å². The van der Waals surface area contributed by atoms with Gasteiger partial charge in [-0.05, 0) is 36.8 Å². The minimum Gasteiger partial charge on any atom is -0.382 e. The van der Waals surface area contributed by atoms with E-state index in [0.29, 0.717) is 6.04 Å². The van der Waals surface area contributed by atoms with Crippen molar-refractivity contribution in [3.8, 4) is 0 Å². The molecule has 1 aliphatic heterocycles. The lowest BCUT2D eigenvalue weighted by atomic mass is 10.1. The Kier molecular flexibility index (Phi) is 3.89. The molecule has 1 heterocycles. The Bertz CT molecular complexity index is 417. The molecule has 4 nitrogen and oxygen atoms in total. The molecule has 5 heteroatoms. The molecule has 0 aliphatic carbocycles. The van der Waals surface area contributed by atoms with E-state index in [1.54, 1.807) is 18.2 Å². The molecule has 1 aromatic rings. The molecule has 0 aromatic heterocycles. The third-order valence-corrected chi connectivity index (χ3v) is 4.06. The lowest BCUT2D eigenvalue weighted by Gasteiger charge is -2.24. The van der Waals surface area contributed by atoms with Crippen molar-refractivity contribution < 1.29 is 4.92 Å². The van der Waals surface area contributed by atoms with Crippen molar-refractivity contribution in [2.24, 2.45) is 0 Å². The van der Waals surface area contributed by atoms with Gasteiger partial charge in [0.2, 0.25) is 0 Å². The van der Waals surface area contributed by atoms with Crippen LogP contribution in [0.5, 0.6) is 0 Å². The minimum absolute atomic E-state index is 0.156. The van der Waals surface area contributed by atoms with Gasteiger partial charge in [0, 0.05) is 23.9 Å². The van der Waals surface area contributed by atoms with Crippen LogP contribution in [-0.2, 0) is 0 Å². The fourth-order valence-corrected chi connectivity index (χ4v) is 3.05. The van der Waals surface area contributed by atoms with Gasteiger partial charge in [0.15, 0.2) is 0 Å². The topological polar surface area (TPSA) is 55.2 Å². The van der Waals surface area contributed by atoms with Gasteiger partial charge in [0.05, 0.1) is 4.92 Å². The maximum Gasteiger partial charge on any atom is 0.271 e. The molecular weight excluding hydrogens is 236 g/mol. The van der Waals surface area contributed by atoms with E-state index in [4.69, 9.17) is 0 Å². The third kappa shape index (κ3) is 3.12. The first-order chi connectivity index (χ1) is 8.16. The molecular formula is C12H16N2O2S. The van der Waals surface area contributed by atoms with Crippen LogP contribution in [0.25, 0.3) is 0 Å². The highest BCUT2D eigenvalue weighted by molar-refractivity contribution is 7.99. The summed E-state index contributed by atoms with van der Waals surface area (Å²) in [5.41, 5.74) is 2.12. The number of hydrogen-bond donors (Lipinski definition) is 1. The zero-order chi connectivity index (χ0) is 12.3. The second kappa shape index (κ2) is 5.40. The molecule has 1 aliphatic rings. The van der Waals surface area contributed by atoms with E-state index in [0.717, 1.165) is 24.1 Å². The van der Waals surface area contributed by atoms with E-state index in [2.05, 4.69) is 5.32 Å². The zero-order valence-electron chi connectivity index (χ0n) is 9.81. The number of thioether (sulfide) groups is 1. The molecule has 0 amide bonds. The van der Waals surface area contributed by atoms with Gasteiger partial charge in [0.25, 0.3) is 5.69 Å². The summed E-state index contributed by atoms with van der Waals surface area (Å²) in [5.74, 6) is 2.34. The molecule has 1 fully saturated rings. The van der Waals surface area contributed by atoms with Crippen LogP contribution in [-0.4, -0.2) is 22.5 Å². The lowest BCUT2D eigenvalue weighted by molar-refractivity contribution is -0.384. The number of nitro benzene ring substituents is 1. The monoisotopic (exact) mass is 252 g/mol. The Labute approximate surface area is 105 Å². The summed E-state index contributed by atoms with van der Waals surface area (Å²) >= 11 is 1.97. The molecule has 0 spiro atoms. The van der Waals surface area contributed by atoms with Gasteiger partial charge < -0.3 is 5.32 Å². The van der Waals surface area contributed by atoms with Crippen LogP contribution in [0.15, 0.2) is 18.2 Å². The first kappa shape index (κ1) is 12.2. The second-order valence-corrected chi connectivity index (χ2v) is 5.51. The van der Waals surface area contributed by atoms with Crippen LogP contribution in [0.1, 0.15) is 18.4 Å². The van der Waals surface area contributed by atoms with Crippen molar-refractivity contribution in [2.45, 2.75) is 25.8 Å². The molecule has 1 N–H and O–H groups in total. The zero-order valence-corrected chi connectivity index (χ0v) is 10.6. The quantitative estimate of drug-likeness (QED) is 0.663. The van der Waals surface area contributed by atoms with Crippen molar-refractivity contribution in [1.29, 1.82) is 0 Å². The number of hydrogen-bond acceptors (Lipinski definition) is 4. The van der Waals surface area contributed by atoms with E-state index < -0.39 is 0 Å². The SMILES string of the molecule is Cc1ccc([N+](=O)[O-])cc1NC1CCSCC1. The average molecular weight is 252 g/mol. The van der Waals surface area contributed by atoms with Gasteiger partial charge in [-0.25, -0.2) is 0 Å². The van der Waals surface area contributed by atoms with Crippen molar-refractivity contribution in [3.63, 3.8) is 0 Å². The Morgan fingerprint density at radius 2 is 2.12 bits per heavy atom. The number of aryl methyl sites for hydroxylation is 1. The average Bonchev–Trinajstić information content (AvgIpc) is 2.33. The van der Waals surface area contributed by atoms with E-state index in [9.17, 15) is 10.1 Å². The maximum absolute atomic E-state index is 10.7. The lowest BCUT2D eigenvalue weighted by Crippen LogP contribution is -2.24. The highest BCUT2D eigenvalue weighted by Crippen LogP contribution is 2.26. The largest absolute Gasteiger partial charge is 0.382 e. The summed E-state index contributed by atoms with van der Waals surface area (Å²) in [5, 5.41) is 14.2. The Morgan fingerprint density at radius 1 is 1.41 bits per heavy atom. The summed E-state index contributed by atoms with van der Waals surface area (Å²) in [7, 11) is 0. The van der Waals surface area contributed by atoms with Gasteiger partial charge in [-0.15, -0.1) is 0 Å². The molecule has 0 atom stereocenters. The predicted molar refractivity (Wildman–Crippen MR) is 71.8 cm³/mol. The molecule has 1 aromatic carbocycles. The number of anilines is 1. The number of rotatable bonds is 3. The molecule has 1 saturated heterocycles. The van der Waals surface area contributed by atoms with Crippen LogP contribution in [0.4, 0.5) is 11.4 Å². The minimum atomic E-state index is -0.346. The van der Waals surface area contributed by atoms with Crippen molar-refractivity contribution in [1.82, 2.24) is 0 Å². The maximum atomic E-state index is 10.7. The number of non-ortho nitro benzene ring substituents is 1. The molecule has 92 valence electrons. The van der Waals surface area contributed by atoms with Crippen molar-refractivity contribution in [2.75, 3.05) is 16.8 Å². The molecule has 0 radical (unpaired) electrons. The summed E-state index contributed by atoms with van der Waals surface area (Å²) < 4.78 is 0. The first-order valence-corrected chi connectivity index (χ1v) is 6.91. The highest BCUT2D eigenvalue weighted by Gasteiger charge is 2.15. The van der Waals surface area contributed by atoms with Crippen LogP contribution in [0.3, 0.4) is 0 Å². The van der Waals surface area contributed by atoms with Gasteiger partial charge >= 0.3 is 0 Å². The molecule has 0 unspecified atom stereocenters. The molecule has 2 rings (SSSR count). The Morgan fingerprint density at radius 3 is 2.76 bits per heavy atom. The first-order valence-electron chi connectivity index (χ1n) is 5.76. The molecule has 0 saturated carbocycles. The summed E-state index contributed by atoms with van der Waals surface area (Å²) in [6.07, 6.45) is 2.26. The smallest absolute Gasteiger partial charge is 0.271 e. The molecule has 17 heavy (non-hydrogen) atoms. The van der Waals surface area contributed by atoms with E-state index in [1.165, 1.54) is 11.5 Å². The van der Waals surface area contributed by atoms with Crippen LogP contribution in [0, 0.1) is 17.0 Å². The van der Waals surface area contributed by atoms with E-state index in [1.807, 2.05) is 18.7 Å². The van der Waals surface area contributed by atoms with Crippen LogP contribution >= 0.6 is 11.8 Å². The highest BCUT2D eigenvalue weighted by atomic mass is 32.2. The molecule has 0 bridgehead atoms. The predicted octanol–water partition coefficient (Wildman–Crippen LogP) is 3.21.